The van der Waals surface area contributed by atoms with Gasteiger partial charge in [0.1, 0.15) is 0 Å². The molecule has 4 heteroatoms. The zero-order valence-corrected chi connectivity index (χ0v) is 10.7. The van der Waals surface area contributed by atoms with E-state index in [-0.39, 0.29) is 17.4 Å². The molecule has 2 aliphatic carbocycles. The molecule has 2 aliphatic rings. The summed E-state index contributed by atoms with van der Waals surface area (Å²) in [6, 6.07) is 0.00915. The zero-order valence-electron chi connectivity index (χ0n) is 10.7. The van der Waals surface area contributed by atoms with E-state index in [1.807, 2.05) is 6.92 Å². The lowest BCUT2D eigenvalue weighted by molar-refractivity contribution is -0.130. The first-order valence-corrected chi connectivity index (χ1v) is 6.74. The monoisotopic (exact) mass is 240 g/mol. The molecular formula is C13H24N2O2. The number of hydrogen-bond acceptors (Lipinski definition) is 3. The lowest BCUT2D eigenvalue weighted by atomic mass is 9.84. The van der Waals surface area contributed by atoms with Crippen LogP contribution in [0.2, 0.25) is 0 Å². The lowest BCUT2D eigenvalue weighted by Crippen LogP contribution is -2.48. The average Bonchev–Trinajstić information content (AvgIpc) is 3.06. The van der Waals surface area contributed by atoms with Crippen molar-refractivity contribution in [2.24, 2.45) is 17.1 Å². The van der Waals surface area contributed by atoms with E-state index in [4.69, 9.17) is 10.5 Å². The summed E-state index contributed by atoms with van der Waals surface area (Å²) >= 11 is 0. The quantitative estimate of drug-likeness (QED) is 0.682. The fourth-order valence-electron chi connectivity index (χ4n) is 2.45. The van der Waals surface area contributed by atoms with E-state index in [1.165, 1.54) is 12.8 Å². The topological polar surface area (TPSA) is 64.3 Å². The summed E-state index contributed by atoms with van der Waals surface area (Å²) in [5, 5.41) is 2.95. The van der Waals surface area contributed by atoms with Crippen LogP contribution in [0.4, 0.5) is 0 Å². The minimum Gasteiger partial charge on any atom is -0.379 e. The predicted octanol–water partition coefficient (Wildman–Crippen LogP) is 1.05. The highest BCUT2D eigenvalue weighted by Crippen LogP contribution is 2.36. The maximum Gasteiger partial charge on any atom is 0.227 e. The Morgan fingerprint density at radius 2 is 2.24 bits per heavy atom. The van der Waals surface area contributed by atoms with Gasteiger partial charge >= 0.3 is 0 Å². The summed E-state index contributed by atoms with van der Waals surface area (Å²) in [5.41, 5.74) is 5.64. The maximum atomic E-state index is 12.0. The van der Waals surface area contributed by atoms with Crippen LogP contribution in [0.1, 0.15) is 39.0 Å². The van der Waals surface area contributed by atoms with Crippen LogP contribution < -0.4 is 11.1 Å². The van der Waals surface area contributed by atoms with Gasteiger partial charge in [0.2, 0.25) is 5.91 Å². The Morgan fingerprint density at radius 1 is 1.47 bits per heavy atom. The zero-order chi connectivity index (χ0) is 12.3. The third-order valence-corrected chi connectivity index (χ3v) is 4.13. The summed E-state index contributed by atoms with van der Waals surface area (Å²) in [6.07, 6.45) is 5.53. The van der Waals surface area contributed by atoms with Gasteiger partial charge in [-0.3, -0.25) is 4.79 Å². The first kappa shape index (κ1) is 12.8. The molecule has 0 saturated heterocycles. The predicted molar refractivity (Wildman–Crippen MR) is 66.5 cm³/mol. The van der Waals surface area contributed by atoms with Crippen molar-refractivity contribution in [3.63, 3.8) is 0 Å². The third kappa shape index (κ3) is 3.19. The molecule has 0 aliphatic heterocycles. The van der Waals surface area contributed by atoms with E-state index in [2.05, 4.69) is 5.32 Å². The molecule has 2 saturated carbocycles. The van der Waals surface area contributed by atoms with Crippen LogP contribution in [-0.4, -0.2) is 31.7 Å². The van der Waals surface area contributed by atoms with Crippen LogP contribution in [0.5, 0.6) is 0 Å². The molecule has 2 fully saturated rings. The number of hydrogen-bond donors (Lipinski definition) is 2. The van der Waals surface area contributed by atoms with E-state index in [0.717, 1.165) is 31.8 Å². The second-order valence-corrected chi connectivity index (χ2v) is 5.69. The summed E-state index contributed by atoms with van der Waals surface area (Å²) in [6.45, 7) is 4.05. The molecule has 2 rings (SSSR count). The summed E-state index contributed by atoms with van der Waals surface area (Å²) in [5.74, 6) is 0.879. The van der Waals surface area contributed by atoms with Crippen LogP contribution in [0.15, 0.2) is 0 Å². The van der Waals surface area contributed by atoms with Crippen LogP contribution >= 0.6 is 0 Å². The van der Waals surface area contributed by atoms with Crippen molar-refractivity contribution in [2.45, 2.75) is 45.1 Å². The van der Waals surface area contributed by atoms with Crippen molar-refractivity contribution in [2.75, 3.05) is 19.8 Å². The van der Waals surface area contributed by atoms with Crippen molar-refractivity contribution in [3.8, 4) is 0 Å². The Morgan fingerprint density at radius 3 is 2.82 bits per heavy atom. The standard InChI is InChI=1S/C13H24N2O2/c1-13(6-2-3-11(13)14)12(16)15-7-8-17-9-10-4-5-10/h10-11H,2-9,14H2,1H3,(H,15,16). The van der Waals surface area contributed by atoms with Gasteiger partial charge in [0.15, 0.2) is 0 Å². The van der Waals surface area contributed by atoms with Gasteiger partial charge in [0, 0.05) is 19.2 Å². The van der Waals surface area contributed by atoms with Crippen molar-refractivity contribution >= 4 is 5.91 Å². The van der Waals surface area contributed by atoms with E-state index >= 15 is 0 Å². The Bertz CT molecular complexity index is 279. The van der Waals surface area contributed by atoms with Gasteiger partial charge in [-0.2, -0.15) is 0 Å². The molecule has 0 spiro atoms. The van der Waals surface area contributed by atoms with Crippen LogP contribution in [0.3, 0.4) is 0 Å². The van der Waals surface area contributed by atoms with E-state index in [9.17, 15) is 4.79 Å². The van der Waals surface area contributed by atoms with Gasteiger partial charge in [0.05, 0.1) is 12.0 Å². The molecule has 98 valence electrons. The molecule has 1 amide bonds. The fraction of sp³-hybridized carbons (Fsp3) is 0.923. The van der Waals surface area contributed by atoms with Crippen LogP contribution in [-0.2, 0) is 9.53 Å². The van der Waals surface area contributed by atoms with Gasteiger partial charge in [0.25, 0.3) is 0 Å². The minimum atomic E-state index is -0.365. The molecule has 0 aromatic carbocycles. The normalized spacial score (nSPS) is 32.7. The second kappa shape index (κ2) is 5.36. The number of ether oxygens (including phenoxy) is 1. The molecule has 0 radical (unpaired) electrons. The summed E-state index contributed by atoms with van der Waals surface area (Å²) in [7, 11) is 0. The Hall–Kier alpha value is -0.610. The van der Waals surface area contributed by atoms with Gasteiger partial charge in [-0.15, -0.1) is 0 Å². The summed E-state index contributed by atoms with van der Waals surface area (Å²) in [4.78, 5) is 12.0. The number of nitrogens with one attached hydrogen (secondary N) is 1. The molecule has 4 nitrogen and oxygen atoms in total. The van der Waals surface area contributed by atoms with Gasteiger partial charge in [-0.05, 0) is 38.5 Å². The van der Waals surface area contributed by atoms with Crippen LogP contribution in [0.25, 0.3) is 0 Å². The Kier molecular flexibility index (Phi) is 4.05. The van der Waals surface area contributed by atoms with Crippen molar-refractivity contribution in [1.82, 2.24) is 5.32 Å². The molecule has 3 N–H and O–H groups in total. The van der Waals surface area contributed by atoms with Gasteiger partial charge < -0.3 is 15.8 Å². The van der Waals surface area contributed by atoms with Crippen molar-refractivity contribution in [1.29, 1.82) is 0 Å². The Balaban J connectivity index is 1.62. The minimum absolute atomic E-state index is 0.00915. The molecule has 0 aromatic rings. The molecule has 2 atom stereocenters. The third-order valence-electron chi connectivity index (χ3n) is 4.13. The first-order valence-electron chi connectivity index (χ1n) is 6.74. The first-order chi connectivity index (χ1) is 8.13. The SMILES string of the molecule is CC1(C(=O)NCCOCC2CC2)CCCC1N. The average molecular weight is 240 g/mol. The molecule has 0 heterocycles. The molecule has 17 heavy (non-hydrogen) atoms. The van der Waals surface area contributed by atoms with Gasteiger partial charge in [-0.1, -0.05) is 6.42 Å². The highest BCUT2D eigenvalue weighted by Gasteiger charge is 2.42. The Labute approximate surface area is 103 Å². The van der Waals surface area contributed by atoms with Crippen LogP contribution in [0, 0.1) is 11.3 Å². The number of rotatable bonds is 6. The fourth-order valence-corrected chi connectivity index (χ4v) is 2.45. The van der Waals surface area contributed by atoms with Crippen molar-refractivity contribution < 1.29 is 9.53 Å². The van der Waals surface area contributed by atoms with E-state index < -0.39 is 0 Å². The number of amides is 1. The number of carbonyl (C=O) groups is 1. The second-order valence-electron chi connectivity index (χ2n) is 5.69. The lowest BCUT2D eigenvalue weighted by Gasteiger charge is -2.27. The largest absolute Gasteiger partial charge is 0.379 e. The summed E-state index contributed by atoms with van der Waals surface area (Å²) < 4.78 is 5.48. The van der Waals surface area contributed by atoms with E-state index in [1.54, 1.807) is 0 Å². The highest BCUT2D eigenvalue weighted by molar-refractivity contribution is 5.83. The van der Waals surface area contributed by atoms with Crippen molar-refractivity contribution in [3.05, 3.63) is 0 Å². The van der Waals surface area contributed by atoms with E-state index in [0.29, 0.717) is 13.2 Å². The van der Waals surface area contributed by atoms with Gasteiger partial charge in [-0.25, -0.2) is 0 Å². The number of nitrogens with two attached hydrogens (primary N) is 1. The highest BCUT2D eigenvalue weighted by atomic mass is 16.5. The maximum absolute atomic E-state index is 12.0. The molecular weight excluding hydrogens is 216 g/mol. The molecule has 0 bridgehead atoms. The smallest absolute Gasteiger partial charge is 0.227 e. The molecule has 0 aromatic heterocycles. The molecule has 2 unspecified atom stereocenters. The number of carbonyl (C=O) groups excluding carboxylic acids is 1.